The van der Waals surface area contributed by atoms with E-state index in [1.807, 2.05) is 18.5 Å². The number of hydrogen-bond acceptors (Lipinski definition) is 5. The van der Waals surface area contributed by atoms with Crippen LogP contribution in [-0.2, 0) is 6.54 Å². The minimum Gasteiger partial charge on any atom is -0.309 e. The van der Waals surface area contributed by atoms with Crippen LogP contribution in [-0.4, -0.2) is 25.7 Å². The summed E-state index contributed by atoms with van der Waals surface area (Å²) >= 11 is 1.48. The molecule has 0 saturated carbocycles. The molecule has 0 unspecified atom stereocenters. The van der Waals surface area contributed by atoms with Gasteiger partial charge in [-0.25, -0.2) is 0 Å². The Morgan fingerprint density at radius 3 is 3.05 bits per heavy atom. The maximum atomic E-state index is 4.76. The molecule has 21 heavy (non-hydrogen) atoms. The zero-order valence-electron chi connectivity index (χ0n) is 11.3. The Hall–Kier alpha value is -1.21. The van der Waals surface area contributed by atoms with E-state index in [2.05, 4.69) is 32.3 Å². The van der Waals surface area contributed by atoms with Crippen LogP contribution in [0.4, 0.5) is 0 Å². The molecule has 3 aromatic heterocycles. The first-order valence-corrected chi connectivity index (χ1v) is 7.09. The number of pyridine rings is 1. The number of rotatable bonds is 1. The molecule has 1 atom stereocenters. The van der Waals surface area contributed by atoms with Gasteiger partial charge < -0.3 is 5.32 Å². The van der Waals surface area contributed by atoms with Crippen LogP contribution in [0.3, 0.4) is 0 Å². The zero-order chi connectivity index (χ0) is 12.8. The van der Waals surface area contributed by atoms with E-state index in [4.69, 9.17) is 5.10 Å². The standard InChI is InChI=1S/C13H13N5S.2ClH/c1-8-5-14-6-9-4-11(17-18(8)9)10-2-3-15-12-7-16-19-13(10)12;;/h2-4,7-8,14H,5-6H2,1H3;2*1H/t8-;;/m0../s1. The molecule has 0 spiro atoms. The lowest BCUT2D eigenvalue weighted by Crippen LogP contribution is -2.31. The Labute approximate surface area is 138 Å². The molecule has 0 saturated heterocycles. The van der Waals surface area contributed by atoms with Crippen molar-refractivity contribution in [3.05, 3.63) is 30.2 Å². The summed E-state index contributed by atoms with van der Waals surface area (Å²) in [6.07, 6.45) is 3.63. The van der Waals surface area contributed by atoms with Gasteiger partial charge >= 0.3 is 0 Å². The van der Waals surface area contributed by atoms with Gasteiger partial charge in [0.05, 0.1) is 28.3 Å². The molecule has 0 amide bonds. The third-order valence-electron chi connectivity index (χ3n) is 3.50. The Morgan fingerprint density at radius 2 is 2.24 bits per heavy atom. The normalized spacial score (nSPS) is 16.9. The third kappa shape index (κ3) is 2.64. The monoisotopic (exact) mass is 343 g/mol. The summed E-state index contributed by atoms with van der Waals surface area (Å²) in [5, 5.41) is 8.16. The molecule has 0 fully saturated rings. The van der Waals surface area contributed by atoms with Gasteiger partial charge in [0.2, 0.25) is 0 Å². The molecular weight excluding hydrogens is 329 g/mol. The van der Waals surface area contributed by atoms with Gasteiger partial charge in [-0.2, -0.15) is 9.47 Å². The summed E-state index contributed by atoms with van der Waals surface area (Å²) in [4.78, 5) is 4.33. The summed E-state index contributed by atoms with van der Waals surface area (Å²) in [6.45, 7) is 4.04. The van der Waals surface area contributed by atoms with Crippen LogP contribution in [0.1, 0.15) is 18.7 Å². The SMILES string of the molecule is C[C@H]1CNCc2cc(-c3ccnc4cnsc34)nn21.Cl.Cl. The Morgan fingerprint density at radius 1 is 1.38 bits per heavy atom. The van der Waals surface area contributed by atoms with Crippen molar-refractivity contribution in [2.75, 3.05) is 6.54 Å². The van der Waals surface area contributed by atoms with E-state index >= 15 is 0 Å². The van der Waals surface area contributed by atoms with Crippen molar-refractivity contribution in [2.45, 2.75) is 19.5 Å². The second-order valence-corrected chi connectivity index (χ2v) is 5.65. The maximum Gasteiger partial charge on any atom is 0.102 e. The van der Waals surface area contributed by atoms with E-state index in [0.29, 0.717) is 6.04 Å². The molecule has 4 heterocycles. The van der Waals surface area contributed by atoms with Crippen LogP contribution in [0.15, 0.2) is 24.5 Å². The molecule has 8 heteroatoms. The molecule has 0 radical (unpaired) electrons. The highest BCUT2D eigenvalue weighted by Crippen LogP contribution is 2.30. The number of fused-ring (bicyclic) bond motifs is 2. The Bertz CT molecular complexity index is 754. The molecule has 1 aliphatic rings. The van der Waals surface area contributed by atoms with Crippen molar-refractivity contribution in [2.24, 2.45) is 0 Å². The van der Waals surface area contributed by atoms with Crippen LogP contribution in [0.25, 0.3) is 21.5 Å². The number of nitrogens with one attached hydrogen (secondary N) is 1. The van der Waals surface area contributed by atoms with Crippen LogP contribution < -0.4 is 5.32 Å². The summed E-state index contributed by atoms with van der Waals surface area (Å²) in [5.41, 5.74) is 4.33. The number of nitrogens with zero attached hydrogens (tertiary/aromatic N) is 4. The molecule has 0 aliphatic carbocycles. The molecule has 0 bridgehead atoms. The van der Waals surface area contributed by atoms with Crippen LogP contribution >= 0.6 is 36.3 Å². The predicted molar refractivity (Wildman–Crippen MR) is 89.5 cm³/mol. The van der Waals surface area contributed by atoms with Crippen LogP contribution in [0.5, 0.6) is 0 Å². The molecular formula is C13H15Cl2N5S. The molecule has 5 nitrogen and oxygen atoms in total. The molecule has 4 rings (SSSR count). The second-order valence-electron chi connectivity index (χ2n) is 4.84. The van der Waals surface area contributed by atoms with E-state index in [-0.39, 0.29) is 24.8 Å². The molecule has 3 aromatic rings. The van der Waals surface area contributed by atoms with Crippen molar-refractivity contribution in [1.29, 1.82) is 0 Å². The maximum absolute atomic E-state index is 4.76. The van der Waals surface area contributed by atoms with Crippen LogP contribution in [0, 0.1) is 0 Å². The van der Waals surface area contributed by atoms with Gasteiger partial charge in [0.25, 0.3) is 0 Å². The van der Waals surface area contributed by atoms with Crippen LogP contribution in [0.2, 0.25) is 0 Å². The summed E-state index contributed by atoms with van der Waals surface area (Å²) in [5.74, 6) is 0. The average Bonchev–Trinajstić information content (AvgIpc) is 3.05. The topological polar surface area (TPSA) is 55.6 Å². The largest absolute Gasteiger partial charge is 0.309 e. The number of halogens is 2. The van der Waals surface area contributed by atoms with Gasteiger partial charge in [0.1, 0.15) is 5.52 Å². The lowest BCUT2D eigenvalue weighted by atomic mass is 10.1. The average molecular weight is 344 g/mol. The number of aromatic nitrogens is 4. The predicted octanol–water partition coefficient (Wildman–Crippen LogP) is 3.06. The highest BCUT2D eigenvalue weighted by atomic mass is 35.5. The Balaban J connectivity index is 0.000000807. The molecule has 1 aliphatic heterocycles. The van der Waals surface area contributed by atoms with Crippen molar-refractivity contribution < 1.29 is 0 Å². The van der Waals surface area contributed by atoms with Gasteiger partial charge in [-0.3, -0.25) is 9.67 Å². The molecule has 0 aromatic carbocycles. The summed E-state index contributed by atoms with van der Waals surface area (Å²) in [6, 6.07) is 4.58. The van der Waals surface area contributed by atoms with E-state index < -0.39 is 0 Å². The molecule has 1 N–H and O–H groups in total. The summed E-state index contributed by atoms with van der Waals surface area (Å²) in [7, 11) is 0. The fraction of sp³-hybridized carbons (Fsp3) is 0.308. The zero-order valence-corrected chi connectivity index (χ0v) is 13.8. The lowest BCUT2D eigenvalue weighted by molar-refractivity contribution is 0.392. The van der Waals surface area contributed by atoms with E-state index in [9.17, 15) is 0 Å². The lowest BCUT2D eigenvalue weighted by Gasteiger charge is -2.21. The minimum absolute atomic E-state index is 0. The van der Waals surface area contributed by atoms with Gasteiger partial charge in [0.15, 0.2) is 0 Å². The second kappa shape index (κ2) is 6.27. The molecule has 112 valence electrons. The van der Waals surface area contributed by atoms with Crippen molar-refractivity contribution in [1.82, 2.24) is 24.5 Å². The van der Waals surface area contributed by atoms with E-state index in [0.717, 1.165) is 34.6 Å². The fourth-order valence-electron chi connectivity index (χ4n) is 2.56. The number of hydrogen-bond donors (Lipinski definition) is 1. The highest BCUT2D eigenvalue weighted by molar-refractivity contribution is 7.13. The smallest absolute Gasteiger partial charge is 0.102 e. The highest BCUT2D eigenvalue weighted by Gasteiger charge is 2.19. The fourth-order valence-corrected chi connectivity index (χ4v) is 3.28. The van der Waals surface area contributed by atoms with Gasteiger partial charge in [-0.05, 0) is 30.6 Å². The third-order valence-corrected chi connectivity index (χ3v) is 4.33. The van der Waals surface area contributed by atoms with E-state index in [1.165, 1.54) is 17.2 Å². The first-order chi connectivity index (χ1) is 9.33. The summed E-state index contributed by atoms with van der Waals surface area (Å²) < 4.78 is 7.45. The first-order valence-electron chi connectivity index (χ1n) is 6.32. The minimum atomic E-state index is 0. The van der Waals surface area contributed by atoms with Crippen molar-refractivity contribution >= 4 is 46.6 Å². The Kier molecular flexibility index (Phi) is 4.83. The van der Waals surface area contributed by atoms with E-state index in [1.54, 1.807) is 0 Å². The first kappa shape index (κ1) is 16.2. The van der Waals surface area contributed by atoms with Gasteiger partial charge in [-0.1, -0.05) is 0 Å². The van der Waals surface area contributed by atoms with Gasteiger partial charge in [0, 0.05) is 24.8 Å². The van der Waals surface area contributed by atoms with Crippen molar-refractivity contribution in [3.63, 3.8) is 0 Å². The quantitative estimate of drug-likeness (QED) is 0.737. The van der Waals surface area contributed by atoms with Gasteiger partial charge in [-0.15, -0.1) is 24.8 Å². The van der Waals surface area contributed by atoms with Crippen molar-refractivity contribution in [3.8, 4) is 11.3 Å².